The lowest BCUT2D eigenvalue weighted by molar-refractivity contribution is -0.907. The van der Waals surface area contributed by atoms with Gasteiger partial charge < -0.3 is 15.0 Å². The normalized spacial score (nSPS) is 25.6. The first kappa shape index (κ1) is 15.9. The largest absolute Gasteiger partial charge is 0.364 e. The van der Waals surface area contributed by atoms with Crippen molar-refractivity contribution in [3.05, 3.63) is 35.6 Å². The Hall–Kier alpha value is -1.46. The number of quaternary nitrogens is 1. The number of hydrogen-bond acceptors (Lipinski definition) is 2. The minimum Gasteiger partial charge on any atom is -0.364 e. The molecule has 1 aliphatic heterocycles. The average molecular weight is 295 g/mol. The van der Waals surface area contributed by atoms with Crippen molar-refractivity contribution in [2.45, 2.75) is 32.5 Å². The number of hydrogen-bond donors (Lipinski definition) is 2. The van der Waals surface area contributed by atoms with Gasteiger partial charge in [-0.25, -0.2) is 4.39 Å². The quantitative estimate of drug-likeness (QED) is 0.814. The fraction of sp³-hybridized carbons (Fsp3) is 0.562. The van der Waals surface area contributed by atoms with Gasteiger partial charge in [-0.05, 0) is 31.9 Å². The standard InChI is InChI=1S/C16H23FN2O2/c1-12-9-19(10-13(2)21-12)11-16(20)18-8-7-14-5-3-4-6-15(14)17/h3-6,12-13H,7-11H2,1-2H3,(H,18,20)/p+1/t12-,13+. The van der Waals surface area contributed by atoms with Crippen LogP contribution in [-0.2, 0) is 16.0 Å². The lowest BCUT2D eigenvalue weighted by atomic mass is 10.1. The summed E-state index contributed by atoms with van der Waals surface area (Å²) in [5.74, 6) is -0.198. The van der Waals surface area contributed by atoms with Crippen LogP contribution in [0.2, 0.25) is 0 Å². The van der Waals surface area contributed by atoms with Crippen molar-refractivity contribution in [2.24, 2.45) is 0 Å². The Morgan fingerprint density at radius 1 is 1.33 bits per heavy atom. The molecule has 1 amide bonds. The van der Waals surface area contributed by atoms with Crippen LogP contribution in [0.15, 0.2) is 24.3 Å². The highest BCUT2D eigenvalue weighted by Crippen LogP contribution is 2.06. The van der Waals surface area contributed by atoms with E-state index < -0.39 is 0 Å². The molecule has 5 heteroatoms. The number of halogens is 1. The molecule has 0 spiro atoms. The molecular weight excluding hydrogens is 271 g/mol. The molecular formula is C16H24FN2O2+. The number of ether oxygens (including phenoxy) is 1. The minimum atomic E-state index is -0.215. The van der Waals surface area contributed by atoms with Crippen LogP contribution in [-0.4, -0.2) is 44.3 Å². The molecule has 1 fully saturated rings. The van der Waals surface area contributed by atoms with Gasteiger partial charge in [0.15, 0.2) is 6.54 Å². The van der Waals surface area contributed by atoms with Crippen molar-refractivity contribution < 1.29 is 18.8 Å². The van der Waals surface area contributed by atoms with E-state index in [-0.39, 0.29) is 23.9 Å². The minimum absolute atomic E-state index is 0.0163. The first-order chi connectivity index (χ1) is 10.0. The molecule has 1 saturated heterocycles. The SMILES string of the molecule is C[C@@H]1C[NH+](CC(=O)NCCc2ccccc2F)C[C@H](C)O1. The molecule has 0 aromatic heterocycles. The zero-order chi connectivity index (χ0) is 15.2. The maximum Gasteiger partial charge on any atom is 0.275 e. The predicted octanol–water partition coefficient (Wildman–Crippen LogP) is 0.177. The van der Waals surface area contributed by atoms with Crippen LogP contribution in [0.1, 0.15) is 19.4 Å². The van der Waals surface area contributed by atoms with Crippen LogP contribution in [0.3, 0.4) is 0 Å². The first-order valence-electron chi connectivity index (χ1n) is 7.53. The Morgan fingerprint density at radius 2 is 2.00 bits per heavy atom. The summed E-state index contributed by atoms with van der Waals surface area (Å²) in [5.41, 5.74) is 0.638. The van der Waals surface area contributed by atoms with Crippen molar-refractivity contribution in [1.82, 2.24) is 5.32 Å². The number of carbonyl (C=O) groups is 1. The highest BCUT2D eigenvalue weighted by Gasteiger charge is 2.26. The van der Waals surface area contributed by atoms with E-state index in [1.807, 2.05) is 13.8 Å². The average Bonchev–Trinajstić information content (AvgIpc) is 2.39. The topological polar surface area (TPSA) is 42.8 Å². The number of rotatable bonds is 5. The van der Waals surface area contributed by atoms with E-state index in [4.69, 9.17) is 4.74 Å². The van der Waals surface area contributed by atoms with Gasteiger partial charge in [0.25, 0.3) is 5.91 Å². The molecule has 2 N–H and O–H groups in total. The summed E-state index contributed by atoms with van der Waals surface area (Å²) in [4.78, 5) is 13.2. The molecule has 2 rings (SSSR count). The van der Waals surface area contributed by atoms with Crippen molar-refractivity contribution in [2.75, 3.05) is 26.2 Å². The number of amides is 1. The molecule has 1 aromatic carbocycles. The zero-order valence-electron chi connectivity index (χ0n) is 12.7. The Balaban J connectivity index is 1.71. The third kappa shape index (κ3) is 5.10. The molecule has 21 heavy (non-hydrogen) atoms. The van der Waals surface area contributed by atoms with Crippen molar-refractivity contribution in [1.29, 1.82) is 0 Å². The molecule has 1 heterocycles. The van der Waals surface area contributed by atoms with Gasteiger partial charge in [-0.1, -0.05) is 18.2 Å². The Kier molecular flexibility index (Phi) is 5.70. The van der Waals surface area contributed by atoms with Crippen molar-refractivity contribution in [3.63, 3.8) is 0 Å². The molecule has 116 valence electrons. The molecule has 0 bridgehead atoms. The Labute approximate surface area is 125 Å². The van der Waals surface area contributed by atoms with Crippen LogP contribution in [0.5, 0.6) is 0 Å². The molecule has 0 saturated carbocycles. The molecule has 0 radical (unpaired) electrons. The zero-order valence-corrected chi connectivity index (χ0v) is 12.7. The van der Waals surface area contributed by atoms with Crippen molar-refractivity contribution >= 4 is 5.91 Å². The Morgan fingerprint density at radius 3 is 2.67 bits per heavy atom. The van der Waals surface area contributed by atoms with Crippen LogP contribution in [0, 0.1) is 5.82 Å². The number of nitrogens with one attached hydrogen (secondary N) is 2. The number of carbonyl (C=O) groups excluding carboxylic acids is 1. The fourth-order valence-corrected chi connectivity index (χ4v) is 2.86. The van der Waals surface area contributed by atoms with E-state index in [1.165, 1.54) is 11.0 Å². The van der Waals surface area contributed by atoms with Gasteiger partial charge in [-0.15, -0.1) is 0 Å². The van der Waals surface area contributed by atoms with Crippen molar-refractivity contribution in [3.8, 4) is 0 Å². The molecule has 1 aliphatic rings. The molecule has 0 aliphatic carbocycles. The third-order valence-electron chi connectivity index (χ3n) is 3.70. The molecule has 3 atom stereocenters. The lowest BCUT2D eigenvalue weighted by Gasteiger charge is -2.31. The number of benzene rings is 1. The van der Waals surface area contributed by atoms with E-state index in [0.29, 0.717) is 25.1 Å². The second-order valence-corrected chi connectivity index (χ2v) is 5.78. The van der Waals surface area contributed by atoms with Crippen LogP contribution in [0.4, 0.5) is 4.39 Å². The fourth-order valence-electron chi connectivity index (χ4n) is 2.86. The maximum absolute atomic E-state index is 13.4. The van der Waals surface area contributed by atoms with E-state index in [2.05, 4.69) is 5.32 Å². The van der Waals surface area contributed by atoms with Gasteiger partial charge in [-0.2, -0.15) is 0 Å². The highest BCUT2D eigenvalue weighted by molar-refractivity contribution is 5.76. The predicted molar refractivity (Wildman–Crippen MR) is 78.7 cm³/mol. The van der Waals surface area contributed by atoms with Crippen LogP contribution in [0.25, 0.3) is 0 Å². The second kappa shape index (κ2) is 7.52. The summed E-state index contributed by atoms with van der Waals surface area (Å²) in [5, 5.41) is 2.87. The van der Waals surface area contributed by atoms with Gasteiger partial charge in [-0.3, -0.25) is 4.79 Å². The van der Waals surface area contributed by atoms with Crippen LogP contribution < -0.4 is 10.2 Å². The van der Waals surface area contributed by atoms with E-state index in [0.717, 1.165) is 13.1 Å². The van der Waals surface area contributed by atoms with E-state index in [9.17, 15) is 9.18 Å². The number of morpholine rings is 1. The monoisotopic (exact) mass is 295 g/mol. The smallest absolute Gasteiger partial charge is 0.275 e. The van der Waals surface area contributed by atoms with E-state index in [1.54, 1.807) is 18.2 Å². The molecule has 1 aromatic rings. The third-order valence-corrected chi connectivity index (χ3v) is 3.70. The van der Waals surface area contributed by atoms with Gasteiger partial charge in [0, 0.05) is 6.54 Å². The lowest BCUT2D eigenvalue weighted by Crippen LogP contribution is -3.16. The summed E-state index contributed by atoms with van der Waals surface area (Å²) >= 11 is 0. The summed E-state index contributed by atoms with van der Waals surface area (Å²) < 4.78 is 19.1. The first-order valence-corrected chi connectivity index (χ1v) is 7.53. The van der Waals surface area contributed by atoms with E-state index >= 15 is 0 Å². The second-order valence-electron chi connectivity index (χ2n) is 5.78. The maximum atomic E-state index is 13.4. The van der Waals surface area contributed by atoms with Crippen LogP contribution >= 0.6 is 0 Å². The molecule has 4 nitrogen and oxygen atoms in total. The summed E-state index contributed by atoms with van der Waals surface area (Å²) in [7, 11) is 0. The summed E-state index contributed by atoms with van der Waals surface area (Å²) in [6.45, 7) is 6.69. The highest BCUT2D eigenvalue weighted by atomic mass is 19.1. The van der Waals surface area contributed by atoms with Gasteiger partial charge in [0.1, 0.15) is 31.1 Å². The van der Waals surface area contributed by atoms with Gasteiger partial charge >= 0.3 is 0 Å². The van der Waals surface area contributed by atoms with Gasteiger partial charge in [0.2, 0.25) is 0 Å². The molecule has 1 unspecified atom stereocenters. The summed E-state index contributed by atoms with van der Waals surface area (Å²) in [6.07, 6.45) is 0.897. The van der Waals surface area contributed by atoms with Gasteiger partial charge in [0.05, 0.1) is 0 Å². The summed E-state index contributed by atoms with van der Waals surface area (Å²) in [6, 6.07) is 6.66. The Bertz CT molecular complexity index is 471.